The lowest BCUT2D eigenvalue weighted by atomic mass is 9.82. The molecule has 0 N–H and O–H groups in total. The van der Waals surface area contributed by atoms with Gasteiger partial charge in [0.2, 0.25) is 0 Å². The fourth-order valence-electron chi connectivity index (χ4n) is 3.25. The molecule has 0 aromatic heterocycles. The predicted molar refractivity (Wildman–Crippen MR) is 80.1 cm³/mol. The van der Waals surface area contributed by atoms with Gasteiger partial charge in [-0.1, -0.05) is 33.6 Å². The summed E-state index contributed by atoms with van der Waals surface area (Å²) in [7, 11) is 0. The minimum Gasteiger partial charge on any atom is -0.317 e. The van der Waals surface area contributed by atoms with Crippen LogP contribution in [-0.4, -0.2) is 18.4 Å². The van der Waals surface area contributed by atoms with Gasteiger partial charge in [-0.3, -0.25) is 0 Å². The molecule has 128 valence electrons. The average molecular weight is 319 g/mol. The molecule has 2 aliphatic carbocycles. The van der Waals surface area contributed by atoms with E-state index in [1.807, 2.05) is 19.9 Å². The fourth-order valence-corrected chi connectivity index (χ4v) is 3.25. The smallest absolute Gasteiger partial charge is 0.317 e. The molecule has 0 radical (unpaired) electrons. The van der Waals surface area contributed by atoms with E-state index in [9.17, 15) is 13.2 Å². The van der Waals surface area contributed by atoms with Crippen LogP contribution < -0.4 is 0 Å². The SMILES string of the molecule is CC.CC1CCC(C(F)(F)OC2CCC(C#N)C(F)C2)CC1. The highest BCUT2D eigenvalue weighted by atomic mass is 19.3. The number of nitrogens with zero attached hydrogens (tertiary/aromatic N) is 1. The van der Waals surface area contributed by atoms with E-state index >= 15 is 0 Å². The Morgan fingerprint density at radius 2 is 1.64 bits per heavy atom. The molecule has 0 bridgehead atoms. The van der Waals surface area contributed by atoms with Gasteiger partial charge in [0.05, 0.1) is 24.0 Å². The number of hydrogen-bond acceptors (Lipinski definition) is 2. The Balaban J connectivity index is 0.00000116. The quantitative estimate of drug-likeness (QED) is 0.690. The molecule has 5 heteroatoms. The standard InChI is InChI=1S/C15H22F3NO.C2H6/c1-10-2-5-12(6-3-10)15(17,18)20-13-7-4-11(9-19)14(16)8-13;1-2/h10-14H,2-8H2,1H3;1-2H3. The van der Waals surface area contributed by atoms with Gasteiger partial charge in [-0.15, -0.1) is 0 Å². The van der Waals surface area contributed by atoms with Crippen LogP contribution in [0.25, 0.3) is 0 Å². The molecule has 22 heavy (non-hydrogen) atoms. The van der Waals surface area contributed by atoms with Crippen molar-refractivity contribution >= 4 is 0 Å². The van der Waals surface area contributed by atoms with Crippen LogP contribution in [0.15, 0.2) is 0 Å². The summed E-state index contributed by atoms with van der Waals surface area (Å²) in [6, 6.07) is 1.89. The molecule has 0 aliphatic heterocycles. The first-order chi connectivity index (χ1) is 10.4. The van der Waals surface area contributed by atoms with E-state index in [-0.39, 0.29) is 6.42 Å². The van der Waals surface area contributed by atoms with Crippen molar-refractivity contribution in [3.8, 4) is 6.07 Å². The Bertz CT molecular complexity index is 361. The third-order valence-corrected chi connectivity index (χ3v) is 4.71. The minimum atomic E-state index is -3.16. The lowest BCUT2D eigenvalue weighted by molar-refractivity contribution is -0.303. The Morgan fingerprint density at radius 1 is 1.05 bits per heavy atom. The van der Waals surface area contributed by atoms with Gasteiger partial charge in [0, 0.05) is 6.42 Å². The van der Waals surface area contributed by atoms with Crippen LogP contribution in [0.5, 0.6) is 0 Å². The van der Waals surface area contributed by atoms with E-state index in [1.165, 1.54) is 0 Å². The zero-order chi connectivity index (χ0) is 16.8. The van der Waals surface area contributed by atoms with Crippen molar-refractivity contribution in [1.29, 1.82) is 5.26 Å². The van der Waals surface area contributed by atoms with Crippen LogP contribution in [0.2, 0.25) is 0 Å². The second-order valence-electron chi connectivity index (χ2n) is 6.32. The van der Waals surface area contributed by atoms with Crippen LogP contribution in [0, 0.1) is 29.1 Å². The molecule has 2 fully saturated rings. The Labute approximate surface area is 132 Å². The zero-order valence-electron chi connectivity index (χ0n) is 13.8. The normalized spacial score (nSPS) is 36.0. The molecule has 0 saturated heterocycles. The molecule has 0 aromatic carbocycles. The highest BCUT2D eigenvalue weighted by Gasteiger charge is 2.45. The van der Waals surface area contributed by atoms with Crippen molar-refractivity contribution in [2.45, 2.75) is 84.1 Å². The molecule has 0 amide bonds. The summed E-state index contributed by atoms with van der Waals surface area (Å²) < 4.78 is 46.8. The lowest BCUT2D eigenvalue weighted by Gasteiger charge is -2.36. The fraction of sp³-hybridized carbons (Fsp3) is 0.941. The summed E-state index contributed by atoms with van der Waals surface area (Å²) >= 11 is 0. The van der Waals surface area contributed by atoms with Crippen LogP contribution >= 0.6 is 0 Å². The first-order valence-electron chi connectivity index (χ1n) is 8.51. The van der Waals surface area contributed by atoms with E-state index < -0.39 is 30.2 Å². The third-order valence-electron chi connectivity index (χ3n) is 4.71. The zero-order valence-corrected chi connectivity index (χ0v) is 13.8. The summed E-state index contributed by atoms with van der Waals surface area (Å²) in [5.41, 5.74) is 0. The summed E-state index contributed by atoms with van der Waals surface area (Å²) in [5, 5.41) is 8.73. The molecule has 2 rings (SSSR count). The molecular formula is C17H28F3NO. The van der Waals surface area contributed by atoms with Crippen molar-refractivity contribution < 1.29 is 17.9 Å². The Kier molecular flexibility index (Phi) is 7.68. The van der Waals surface area contributed by atoms with E-state index in [1.54, 1.807) is 0 Å². The molecular weight excluding hydrogens is 291 g/mol. The molecule has 0 heterocycles. The third kappa shape index (κ3) is 5.15. The largest absolute Gasteiger partial charge is 0.358 e. The number of halogens is 3. The Morgan fingerprint density at radius 3 is 2.14 bits per heavy atom. The van der Waals surface area contributed by atoms with Gasteiger partial charge in [-0.05, 0) is 31.6 Å². The number of alkyl halides is 3. The van der Waals surface area contributed by atoms with Gasteiger partial charge in [0.25, 0.3) is 0 Å². The highest BCUT2D eigenvalue weighted by Crippen LogP contribution is 2.41. The maximum absolute atomic E-state index is 14.1. The first-order valence-corrected chi connectivity index (χ1v) is 8.51. The molecule has 0 aromatic rings. The van der Waals surface area contributed by atoms with E-state index in [2.05, 4.69) is 6.92 Å². The predicted octanol–water partition coefficient (Wildman–Crippen LogP) is 5.48. The number of hydrogen-bond donors (Lipinski definition) is 0. The topological polar surface area (TPSA) is 33.0 Å². The lowest BCUT2D eigenvalue weighted by Crippen LogP contribution is -2.40. The van der Waals surface area contributed by atoms with E-state index in [0.29, 0.717) is 31.6 Å². The van der Waals surface area contributed by atoms with Gasteiger partial charge >= 0.3 is 6.11 Å². The van der Waals surface area contributed by atoms with Gasteiger partial charge in [0.15, 0.2) is 0 Å². The van der Waals surface area contributed by atoms with Gasteiger partial charge in [-0.2, -0.15) is 14.0 Å². The summed E-state index contributed by atoms with van der Waals surface area (Å²) in [6.45, 7) is 6.08. The molecule has 3 atom stereocenters. The van der Waals surface area contributed by atoms with Crippen LogP contribution in [0.4, 0.5) is 13.2 Å². The maximum Gasteiger partial charge on any atom is 0.358 e. The summed E-state index contributed by atoms with van der Waals surface area (Å²) in [5.74, 6) is -0.909. The van der Waals surface area contributed by atoms with E-state index in [4.69, 9.17) is 10.00 Å². The van der Waals surface area contributed by atoms with Crippen LogP contribution in [-0.2, 0) is 4.74 Å². The maximum atomic E-state index is 14.1. The highest BCUT2D eigenvalue weighted by molar-refractivity contribution is 4.94. The molecule has 2 saturated carbocycles. The second-order valence-corrected chi connectivity index (χ2v) is 6.32. The van der Waals surface area contributed by atoms with Crippen LogP contribution in [0.1, 0.15) is 65.7 Å². The molecule has 2 aliphatic rings. The van der Waals surface area contributed by atoms with Gasteiger partial charge in [0.1, 0.15) is 6.17 Å². The molecule has 3 unspecified atom stereocenters. The molecule has 0 spiro atoms. The van der Waals surface area contributed by atoms with E-state index in [0.717, 1.165) is 12.8 Å². The Hall–Kier alpha value is -0.760. The number of nitriles is 1. The molecule has 2 nitrogen and oxygen atoms in total. The summed E-state index contributed by atoms with van der Waals surface area (Å²) in [4.78, 5) is 0. The summed E-state index contributed by atoms with van der Waals surface area (Å²) in [6.07, 6.45) is -2.16. The monoisotopic (exact) mass is 319 g/mol. The van der Waals surface area contributed by atoms with Gasteiger partial charge < -0.3 is 4.74 Å². The second kappa shape index (κ2) is 8.76. The van der Waals surface area contributed by atoms with Crippen molar-refractivity contribution in [3.05, 3.63) is 0 Å². The average Bonchev–Trinajstić information content (AvgIpc) is 2.49. The van der Waals surface area contributed by atoms with Crippen LogP contribution in [0.3, 0.4) is 0 Å². The first kappa shape index (κ1) is 19.3. The van der Waals surface area contributed by atoms with Crippen molar-refractivity contribution in [1.82, 2.24) is 0 Å². The number of rotatable bonds is 3. The van der Waals surface area contributed by atoms with Crippen molar-refractivity contribution in [3.63, 3.8) is 0 Å². The van der Waals surface area contributed by atoms with Gasteiger partial charge in [-0.25, -0.2) is 4.39 Å². The van der Waals surface area contributed by atoms with Crippen molar-refractivity contribution in [2.24, 2.45) is 17.8 Å². The minimum absolute atomic E-state index is 0.0864. The number of ether oxygens (including phenoxy) is 1. The van der Waals surface area contributed by atoms with Crippen molar-refractivity contribution in [2.75, 3.05) is 0 Å².